The Labute approximate surface area is 103 Å². The average molecular weight is 239 g/mol. The van der Waals surface area contributed by atoms with Gasteiger partial charge in [-0.2, -0.15) is 0 Å². The van der Waals surface area contributed by atoms with Gasteiger partial charge < -0.3 is 0 Å². The highest BCUT2D eigenvalue weighted by molar-refractivity contribution is 6.32. The Morgan fingerprint density at radius 1 is 1.12 bits per heavy atom. The van der Waals surface area contributed by atoms with Crippen LogP contribution in [-0.4, -0.2) is 5.78 Å². The number of allylic oxidation sites excluding steroid dienone is 7. The van der Waals surface area contributed by atoms with Crippen LogP contribution >= 0.6 is 11.6 Å². The van der Waals surface area contributed by atoms with Crippen molar-refractivity contribution in [2.24, 2.45) is 0 Å². The molecule has 0 N–H and O–H groups in total. The molecule has 0 atom stereocenters. The number of carbonyl (C=O) groups excluding carboxylic acids is 1. The summed E-state index contributed by atoms with van der Waals surface area (Å²) in [6.07, 6.45) is 3.72. The lowest BCUT2D eigenvalue weighted by Crippen LogP contribution is -1.95. The molecule has 0 aliphatic heterocycles. The van der Waals surface area contributed by atoms with Crippen LogP contribution in [0, 0.1) is 0 Å². The van der Waals surface area contributed by atoms with Crippen molar-refractivity contribution in [2.75, 3.05) is 0 Å². The van der Waals surface area contributed by atoms with Crippen LogP contribution < -0.4 is 0 Å². The van der Waals surface area contributed by atoms with E-state index in [1.165, 1.54) is 6.92 Å². The van der Waals surface area contributed by atoms with Crippen molar-refractivity contribution in [3.63, 3.8) is 0 Å². The van der Waals surface area contributed by atoms with E-state index in [0.717, 1.165) is 16.7 Å². The van der Waals surface area contributed by atoms with Gasteiger partial charge in [-0.05, 0) is 63.0 Å². The van der Waals surface area contributed by atoms with E-state index in [4.69, 9.17) is 11.6 Å². The second-order valence-electron chi connectivity index (χ2n) is 3.86. The zero-order valence-electron chi connectivity index (χ0n) is 10.6. The lowest BCUT2D eigenvalue weighted by molar-refractivity contribution is -0.113. The molecular formula is C14H19ClO. The molecule has 0 aliphatic rings. The summed E-state index contributed by atoms with van der Waals surface area (Å²) in [5.41, 5.74) is 3.34. The Kier molecular flexibility index (Phi) is 6.05. The number of Topliss-reactive ketones (excluding diaryl/α,β-unsaturated/α-hetero) is 1. The van der Waals surface area contributed by atoms with Gasteiger partial charge in [0.25, 0.3) is 0 Å². The lowest BCUT2D eigenvalue weighted by Gasteiger charge is -2.08. The molecule has 88 valence electrons. The van der Waals surface area contributed by atoms with Crippen LogP contribution in [0.5, 0.6) is 0 Å². The van der Waals surface area contributed by atoms with Gasteiger partial charge in [0.15, 0.2) is 5.78 Å². The first kappa shape index (κ1) is 14.9. The molecule has 16 heavy (non-hydrogen) atoms. The Morgan fingerprint density at radius 3 is 1.94 bits per heavy atom. The van der Waals surface area contributed by atoms with E-state index < -0.39 is 0 Å². The predicted octanol–water partition coefficient (Wildman–Crippen LogP) is 4.56. The largest absolute Gasteiger partial charge is 0.295 e. The third-order valence-corrected chi connectivity index (χ3v) is 2.89. The predicted molar refractivity (Wildman–Crippen MR) is 71.6 cm³/mol. The van der Waals surface area contributed by atoms with Crippen molar-refractivity contribution in [2.45, 2.75) is 34.6 Å². The molecule has 0 aromatic heterocycles. The summed E-state index contributed by atoms with van der Waals surface area (Å²) in [5.74, 6) is 0.0429. The third-order valence-electron chi connectivity index (χ3n) is 2.39. The fourth-order valence-corrected chi connectivity index (χ4v) is 1.36. The highest BCUT2D eigenvalue weighted by Gasteiger charge is 2.06. The molecule has 0 aromatic carbocycles. The molecule has 0 aliphatic carbocycles. The lowest BCUT2D eigenvalue weighted by atomic mass is 10.0. The summed E-state index contributed by atoms with van der Waals surface area (Å²) in [6.45, 7) is 12.9. The molecule has 1 nitrogen and oxygen atoms in total. The van der Waals surface area contributed by atoms with Gasteiger partial charge in [-0.1, -0.05) is 24.3 Å². The van der Waals surface area contributed by atoms with Gasteiger partial charge in [-0.3, -0.25) is 4.79 Å². The molecule has 0 radical (unpaired) electrons. The number of ketones is 1. The van der Waals surface area contributed by atoms with Crippen molar-refractivity contribution >= 4 is 17.4 Å². The van der Waals surface area contributed by atoms with Gasteiger partial charge in [0, 0.05) is 0 Å². The van der Waals surface area contributed by atoms with E-state index in [1.54, 1.807) is 13.0 Å². The Bertz CT molecular complexity index is 395. The van der Waals surface area contributed by atoms with E-state index in [2.05, 4.69) is 6.58 Å². The molecule has 2 heteroatoms. The minimum Gasteiger partial charge on any atom is -0.295 e. The second kappa shape index (κ2) is 6.49. The van der Waals surface area contributed by atoms with Crippen molar-refractivity contribution in [1.82, 2.24) is 0 Å². The van der Waals surface area contributed by atoms with Crippen LogP contribution in [0.2, 0.25) is 0 Å². The smallest absolute Gasteiger partial charge is 0.155 e. The quantitative estimate of drug-likeness (QED) is 0.519. The van der Waals surface area contributed by atoms with Crippen molar-refractivity contribution in [1.29, 1.82) is 0 Å². The van der Waals surface area contributed by atoms with E-state index >= 15 is 0 Å². The summed E-state index contributed by atoms with van der Waals surface area (Å²) >= 11 is 6.24. The summed E-state index contributed by atoms with van der Waals surface area (Å²) in [7, 11) is 0. The van der Waals surface area contributed by atoms with Gasteiger partial charge in [-0.25, -0.2) is 0 Å². The van der Waals surface area contributed by atoms with E-state index in [-0.39, 0.29) is 5.78 Å². The van der Waals surface area contributed by atoms with Crippen LogP contribution in [0.15, 0.2) is 46.1 Å². The van der Waals surface area contributed by atoms with Crippen LogP contribution in [0.3, 0.4) is 0 Å². The minimum absolute atomic E-state index is 0.0429. The second-order valence-corrected chi connectivity index (χ2v) is 4.24. The first-order chi connectivity index (χ1) is 7.31. The third kappa shape index (κ3) is 4.19. The normalized spacial score (nSPS) is 14.6. The minimum atomic E-state index is 0.0429. The zero-order chi connectivity index (χ0) is 12.9. The number of rotatable bonds is 4. The first-order valence-corrected chi connectivity index (χ1v) is 5.57. The van der Waals surface area contributed by atoms with Gasteiger partial charge in [0.1, 0.15) is 0 Å². The molecule has 0 rings (SSSR count). The summed E-state index contributed by atoms with van der Waals surface area (Å²) < 4.78 is 0. The van der Waals surface area contributed by atoms with Crippen LogP contribution in [0.1, 0.15) is 34.6 Å². The standard InChI is InChI=1S/C14H19ClO/c1-7-10(4)14(15)13(9(2)3)8-11(5)12(6)16/h7-8H,2H2,1,3-6H3/b10-7-,11-8+,14-13+. The monoisotopic (exact) mass is 238 g/mol. The van der Waals surface area contributed by atoms with Gasteiger partial charge in [-0.15, -0.1) is 0 Å². The topological polar surface area (TPSA) is 17.1 Å². The Morgan fingerprint density at radius 2 is 1.62 bits per heavy atom. The average Bonchev–Trinajstić information content (AvgIpc) is 2.22. The first-order valence-electron chi connectivity index (χ1n) is 5.19. The molecule has 0 saturated heterocycles. The fraction of sp³-hybridized carbons (Fsp3) is 0.357. The summed E-state index contributed by atoms with van der Waals surface area (Å²) in [6, 6.07) is 0. The molecule has 0 saturated carbocycles. The zero-order valence-corrected chi connectivity index (χ0v) is 11.4. The highest BCUT2D eigenvalue weighted by Crippen LogP contribution is 2.25. The molecule has 0 amide bonds. The molecule has 0 spiro atoms. The van der Waals surface area contributed by atoms with E-state index in [1.807, 2.05) is 26.8 Å². The number of halogens is 1. The highest BCUT2D eigenvalue weighted by atomic mass is 35.5. The van der Waals surface area contributed by atoms with Gasteiger partial charge >= 0.3 is 0 Å². The number of hydrogen-bond donors (Lipinski definition) is 0. The van der Waals surface area contributed by atoms with E-state index in [9.17, 15) is 4.79 Å². The maximum Gasteiger partial charge on any atom is 0.155 e. The summed E-state index contributed by atoms with van der Waals surface area (Å²) in [5, 5.41) is 0.649. The number of hydrogen-bond acceptors (Lipinski definition) is 1. The van der Waals surface area contributed by atoms with Crippen LogP contribution in [-0.2, 0) is 4.79 Å². The van der Waals surface area contributed by atoms with Crippen LogP contribution in [0.25, 0.3) is 0 Å². The Hall–Kier alpha value is -1.08. The maximum absolute atomic E-state index is 11.2. The van der Waals surface area contributed by atoms with Gasteiger partial charge in [0.2, 0.25) is 0 Å². The van der Waals surface area contributed by atoms with E-state index in [0.29, 0.717) is 10.6 Å². The number of carbonyl (C=O) groups is 1. The van der Waals surface area contributed by atoms with Crippen molar-refractivity contribution in [3.8, 4) is 0 Å². The molecule has 0 unspecified atom stereocenters. The van der Waals surface area contributed by atoms with Crippen LogP contribution in [0.4, 0.5) is 0 Å². The van der Waals surface area contributed by atoms with Crippen molar-refractivity contribution in [3.05, 3.63) is 46.1 Å². The Balaban J connectivity index is 5.60. The van der Waals surface area contributed by atoms with Gasteiger partial charge in [0.05, 0.1) is 5.03 Å². The molecule has 0 fully saturated rings. The molecule has 0 bridgehead atoms. The molecule has 0 heterocycles. The maximum atomic E-state index is 11.2. The fourth-order valence-electron chi connectivity index (χ4n) is 1.03. The summed E-state index contributed by atoms with van der Waals surface area (Å²) in [4.78, 5) is 11.2. The molecule has 0 aromatic rings. The SMILES string of the molecule is C=C(C)C(/C=C(\C)C(C)=O)=C(Cl)\C(C)=C/C. The molecular weight excluding hydrogens is 220 g/mol. The van der Waals surface area contributed by atoms with Crippen molar-refractivity contribution < 1.29 is 4.79 Å².